The van der Waals surface area contributed by atoms with Crippen LogP contribution in [0.25, 0.3) is 0 Å². The maximum Gasteiger partial charge on any atom is 0.0431 e. The molecule has 0 rings (SSSR count). The molecule has 0 aliphatic heterocycles. The first-order valence-corrected chi connectivity index (χ1v) is 3.43. The van der Waals surface area contributed by atoms with Crippen molar-refractivity contribution >= 4 is 0 Å². The van der Waals surface area contributed by atoms with Crippen molar-refractivity contribution < 1.29 is 5.11 Å². The van der Waals surface area contributed by atoms with Crippen molar-refractivity contribution in [2.45, 2.75) is 26.7 Å². The normalized spacial score (nSPS) is 12.0. The van der Waals surface area contributed by atoms with Gasteiger partial charge in [0.15, 0.2) is 0 Å². The number of hydrogen-bond donors (Lipinski definition) is 2. The molecule has 0 bridgehead atoms. The van der Waals surface area contributed by atoms with Crippen molar-refractivity contribution in [2.24, 2.45) is 11.1 Å². The standard InChI is InChI=1S/C7H17NO/c1-7(2,6-8)4-3-5-9/h9H,3-6,8H2,1-2H3. The summed E-state index contributed by atoms with van der Waals surface area (Å²) in [5.74, 6) is 0. The Hall–Kier alpha value is -0.0800. The number of nitrogens with two attached hydrogens (primary N) is 1. The van der Waals surface area contributed by atoms with E-state index in [0.717, 1.165) is 12.8 Å². The Bertz CT molecular complexity index is 71.3. The molecule has 0 spiro atoms. The summed E-state index contributed by atoms with van der Waals surface area (Å²) in [4.78, 5) is 0. The van der Waals surface area contributed by atoms with E-state index in [1.165, 1.54) is 0 Å². The summed E-state index contributed by atoms with van der Waals surface area (Å²) in [7, 11) is 0. The van der Waals surface area contributed by atoms with Gasteiger partial charge in [0, 0.05) is 6.61 Å². The predicted molar refractivity (Wildman–Crippen MR) is 39.2 cm³/mol. The fraction of sp³-hybridized carbons (Fsp3) is 1.00. The van der Waals surface area contributed by atoms with Crippen molar-refractivity contribution in [2.75, 3.05) is 13.2 Å². The van der Waals surface area contributed by atoms with Gasteiger partial charge in [-0.05, 0) is 24.8 Å². The van der Waals surface area contributed by atoms with Crippen LogP contribution in [0.2, 0.25) is 0 Å². The molecule has 56 valence electrons. The van der Waals surface area contributed by atoms with E-state index in [2.05, 4.69) is 13.8 Å². The zero-order valence-corrected chi connectivity index (χ0v) is 6.35. The minimum Gasteiger partial charge on any atom is -0.396 e. The molecule has 0 saturated heterocycles. The average Bonchev–Trinajstić information content (AvgIpc) is 1.84. The quantitative estimate of drug-likeness (QED) is 0.591. The molecule has 0 aromatic carbocycles. The van der Waals surface area contributed by atoms with Crippen molar-refractivity contribution in [3.63, 3.8) is 0 Å². The first-order valence-electron chi connectivity index (χ1n) is 3.43. The Morgan fingerprint density at radius 1 is 1.44 bits per heavy atom. The summed E-state index contributed by atoms with van der Waals surface area (Å²) in [6, 6.07) is 0. The van der Waals surface area contributed by atoms with Crippen LogP contribution in [0.15, 0.2) is 0 Å². The molecule has 2 nitrogen and oxygen atoms in total. The second kappa shape index (κ2) is 3.85. The molecule has 0 unspecified atom stereocenters. The van der Waals surface area contributed by atoms with Gasteiger partial charge in [-0.3, -0.25) is 0 Å². The molecule has 0 fully saturated rings. The van der Waals surface area contributed by atoms with Crippen LogP contribution in [0.3, 0.4) is 0 Å². The van der Waals surface area contributed by atoms with Gasteiger partial charge in [0.2, 0.25) is 0 Å². The van der Waals surface area contributed by atoms with Crippen molar-refractivity contribution in [1.82, 2.24) is 0 Å². The molecule has 0 aliphatic rings. The maximum atomic E-state index is 8.48. The van der Waals surface area contributed by atoms with Gasteiger partial charge in [-0.2, -0.15) is 0 Å². The molecular formula is C7H17NO. The Balaban J connectivity index is 3.33. The lowest BCUT2D eigenvalue weighted by Gasteiger charge is -2.20. The van der Waals surface area contributed by atoms with Crippen LogP contribution in [0.1, 0.15) is 26.7 Å². The van der Waals surface area contributed by atoms with Gasteiger partial charge < -0.3 is 10.8 Å². The van der Waals surface area contributed by atoms with Gasteiger partial charge in [-0.15, -0.1) is 0 Å². The molecule has 0 radical (unpaired) electrons. The lowest BCUT2D eigenvalue weighted by Crippen LogP contribution is -2.23. The van der Waals surface area contributed by atoms with Crippen LogP contribution in [-0.4, -0.2) is 18.3 Å². The highest BCUT2D eigenvalue weighted by molar-refractivity contribution is 4.68. The minimum absolute atomic E-state index is 0.211. The third-order valence-corrected chi connectivity index (χ3v) is 1.56. The van der Waals surface area contributed by atoms with Gasteiger partial charge in [0.1, 0.15) is 0 Å². The summed E-state index contributed by atoms with van der Waals surface area (Å²) in [5, 5.41) is 8.48. The van der Waals surface area contributed by atoms with E-state index >= 15 is 0 Å². The topological polar surface area (TPSA) is 46.2 Å². The first-order chi connectivity index (χ1) is 4.12. The lowest BCUT2D eigenvalue weighted by atomic mass is 9.88. The number of aliphatic hydroxyl groups is 1. The molecule has 0 aromatic rings. The summed E-state index contributed by atoms with van der Waals surface area (Å²) in [6.45, 7) is 5.21. The summed E-state index contributed by atoms with van der Waals surface area (Å²) in [5.41, 5.74) is 5.68. The highest BCUT2D eigenvalue weighted by Crippen LogP contribution is 2.19. The zero-order valence-electron chi connectivity index (χ0n) is 6.35. The number of hydrogen-bond acceptors (Lipinski definition) is 2. The molecule has 0 saturated carbocycles. The summed E-state index contributed by atoms with van der Waals surface area (Å²) >= 11 is 0. The highest BCUT2D eigenvalue weighted by Gasteiger charge is 2.13. The predicted octanol–water partition coefficient (Wildman–Crippen LogP) is 0.744. The molecule has 3 N–H and O–H groups in total. The van der Waals surface area contributed by atoms with Gasteiger partial charge in [-0.25, -0.2) is 0 Å². The Morgan fingerprint density at radius 3 is 2.33 bits per heavy atom. The molecular weight excluding hydrogens is 114 g/mol. The van der Waals surface area contributed by atoms with Crippen molar-refractivity contribution in [3.8, 4) is 0 Å². The van der Waals surface area contributed by atoms with E-state index in [1.54, 1.807) is 0 Å². The van der Waals surface area contributed by atoms with Crippen LogP contribution >= 0.6 is 0 Å². The van der Waals surface area contributed by atoms with Crippen molar-refractivity contribution in [3.05, 3.63) is 0 Å². The van der Waals surface area contributed by atoms with Gasteiger partial charge in [0.05, 0.1) is 0 Å². The molecule has 2 heteroatoms. The summed E-state index contributed by atoms with van der Waals surface area (Å²) in [6.07, 6.45) is 1.88. The molecule has 0 atom stereocenters. The van der Waals surface area contributed by atoms with Crippen LogP contribution in [0.4, 0.5) is 0 Å². The van der Waals surface area contributed by atoms with Gasteiger partial charge in [0.25, 0.3) is 0 Å². The second-order valence-corrected chi connectivity index (χ2v) is 3.20. The zero-order chi connectivity index (χ0) is 7.33. The lowest BCUT2D eigenvalue weighted by molar-refractivity contribution is 0.245. The SMILES string of the molecule is CC(C)(CN)CCCO. The van der Waals surface area contributed by atoms with Crippen LogP contribution in [0.5, 0.6) is 0 Å². The fourth-order valence-electron chi connectivity index (χ4n) is 0.660. The van der Waals surface area contributed by atoms with E-state index in [-0.39, 0.29) is 12.0 Å². The van der Waals surface area contributed by atoms with Gasteiger partial charge in [-0.1, -0.05) is 13.8 Å². The van der Waals surface area contributed by atoms with E-state index in [1.807, 2.05) is 0 Å². The highest BCUT2D eigenvalue weighted by atomic mass is 16.2. The first kappa shape index (κ1) is 8.92. The Kier molecular flexibility index (Phi) is 3.82. The molecule has 0 heterocycles. The third-order valence-electron chi connectivity index (χ3n) is 1.56. The van der Waals surface area contributed by atoms with E-state index in [0.29, 0.717) is 6.54 Å². The monoisotopic (exact) mass is 131 g/mol. The number of aliphatic hydroxyl groups excluding tert-OH is 1. The molecule has 0 amide bonds. The maximum absolute atomic E-state index is 8.48. The Labute approximate surface area is 57.1 Å². The average molecular weight is 131 g/mol. The third kappa shape index (κ3) is 4.43. The van der Waals surface area contributed by atoms with E-state index < -0.39 is 0 Å². The van der Waals surface area contributed by atoms with Gasteiger partial charge >= 0.3 is 0 Å². The molecule has 0 aliphatic carbocycles. The minimum atomic E-state index is 0.211. The van der Waals surface area contributed by atoms with Crippen LogP contribution < -0.4 is 5.73 Å². The second-order valence-electron chi connectivity index (χ2n) is 3.20. The molecule has 9 heavy (non-hydrogen) atoms. The summed E-state index contributed by atoms with van der Waals surface area (Å²) < 4.78 is 0. The van der Waals surface area contributed by atoms with Crippen LogP contribution in [0, 0.1) is 5.41 Å². The fourth-order valence-corrected chi connectivity index (χ4v) is 0.660. The molecule has 0 aromatic heterocycles. The van der Waals surface area contributed by atoms with Crippen LogP contribution in [-0.2, 0) is 0 Å². The van der Waals surface area contributed by atoms with E-state index in [9.17, 15) is 0 Å². The smallest absolute Gasteiger partial charge is 0.0431 e. The van der Waals surface area contributed by atoms with Crippen molar-refractivity contribution in [1.29, 1.82) is 0 Å². The number of rotatable bonds is 4. The Morgan fingerprint density at radius 2 is 2.00 bits per heavy atom. The largest absolute Gasteiger partial charge is 0.396 e. The van der Waals surface area contributed by atoms with E-state index in [4.69, 9.17) is 10.8 Å².